The third kappa shape index (κ3) is 5.41. The zero-order valence-electron chi connectivity index (χ0n) is 19.5. The molecule has 3 N–H and O–H groups in total. The van der Waals surface area contributed by atoms with E-state index in [0.717, 1.165) is 28.9 Å². The minimum atomic E-state index is -0.235. The number of nitrogens with one attached hydrogen (secondary N) is 3. The maximum Gasteiger partial charge on any atom is 0.258 e. The number of anilines is 2. The topological polar surface area (TPSA) is 72.5 Å². The molecule has 34 heavy (non-hydrogen) atoms. The number of para-hydroxylation sites is 1. The number of aromatic nitrogens is 1. The monoisotopic (exact) mass is 473 g/mol. The molecule has 6 nitrogen and oxygen atoms in total. The van der Waals surface area contributed by atoms with Gasteiger partial charge in [0.1, 0.15) is 0 Å². The number of halogens is 1. The van der Waals surface area contributed by atoms with Gasteiger partial charge in [-0.05, 0) is 60.9 Å². The minimum Gasteiger partial charge on any atom is -0.378 e. The Kier molecular flexibility index (Phi) is 7.18. The number of nitrogens with zero attached hydrogens (tertiary/aromatic N) is 2. The molecule has 0 spiro atoms. The molecule has 4 aromatic rings. The van der Waals surface area contributed by atoms with E-state index in [-0.39, 0.29) is 5.91 Å². The summed E-state index contributed by atoms with van der Waals surface area (Å²) in [5.41, 5.74) is 5.47. The molecule has 1 amide bonds. The van der Waals surface area contributed by atoms with Crippen LogP contribution in [0.5, 0.6) is 0 Å². The smallest absolute Gasteiger partial charge is 0.258 e. The third-order valence-corrected chi connectivity index (χ3v) is 6.11. The van der Waals surface area contributed by atoms with Crippen molar-refractivity contribution in [2.45, 2.75) is 13.3 Å². The Morgan fingerprint density at radius 3 is 2.68 bits per heavy atom. The molecule has 0 aliphatic rings. The van der Waals surface area contributed by atoms with Crippen LogP contribution in [-0.2, 0) is 6.42 Å². The molecule has 174 valence electrons. The maximum absolute atomic E-state index is 13.1. The lowest BCUT2D eigenvalue weighted by Gasteiger charge is -2.16. The van der Waals surface area contributed by atoms with Crippen molar-refractivity contribution >= 4 is 45.7 Å². The van der Waals surface area contributed by atoms with E-state index < -0.39 is 0 Å². The van der Waals surface area contributed by atoms with Crippen LogP contribution in [0, 0.1) is 6.92 Å². The van der Waals surface area contributed by atoms with Crippen molar-refractivity contribution in [2.75, 3.05) is 30.9 Å². The summed E-state index contributed by atoms with van der Waals surface area (Å²) in [6.07, 6.45) is 2.75. The van der Waals surface area contributed by atoms with Gasteiger partial charge in [-0.2, -0.15) is 0 Å². The van der Waals surface area contributed by atoms with E-state index in [2.05, 4.69) is 27.8 Å². The number of rotatable bonds is 6. The number of hydrogen-bond acceptors (Lipinski definition) is 3. The summed E-state index contributed by atoms with van der Waals surface area (Å²) in [6.45, 7) is 2.43. The molecule has 7 heteroatoms. The van der Waals surface area contributed by atoms with Gasteiger partial charge in [0, 0.05) is 59.7 Å². The molecule has 0 saturated carbocycles. The Morgan fingerprint density at radius 1 is 1.06 bits per heavy atom. The van der Waals surface area contributed by atoms with Crippen molar-refractivity contribution in [3.05, 3.63) is 94.6 Å². The molecular weight excluding hydrogens is 446 g/mol. The first-order chi connectivity index (χ1) is 16.4. The van der Waals surface area contributed by atoms with Crippen LogP contribution in [0.25, 0.3) is 10.9 Å². The highest BCUT2D eigenvalue weighted by atomic mass is 35.5. The van der Waals surface area contributed by atoms with Crippen molar-refractivity contribution in [3.63, 3.8) is 0 Å². The van der Waals surface area contributed by atoms with Crippen molar-refractivity contribution in [3.8, 4) is 0 Å². The fourth-order valence-electron chi connectivity index (χ4n) is 3.71. The normalized spacial score (nSPS) is 11.5. The molecule has 0 radical (unpaired) electrons. The van der Waals surface area contributed by atoms with Crippen LogP contribution in [0.1, 0.15) is 21.5 Å². The summed E-state index contributed by atoms with van der Waals surface area (Å²) >= 11 is 6.30. The van der Waals surface area contributed by atoms with Crippen molar-refractivity contribution < 1.29 is 4.79 Å². The summed E-state index contributed by atoms with van der Waals surface area (Å²) in [6, 6.07) is 21.3. The van der Waals surface area contributed by atoms with Crippen LogP contribution >= 0.6 is 11.6 Å². The zero-order valence-corrected chi connectivity index (χ0v) is 20.3. The van der Waals surface area contributed by atoms with Gasteiger partial charge in [-0.1, -0.05) is 41.9 Å². The molecule has 0 bridgehead atoms. The Bertz CT molecular complexity index is 1340. The molecule has 1 heterocycles. The average Bonchev–Trinajstić information content (AvgIpc) is 3.25. The molecule has 4 rings (SSSR count). The van der Waals surface area contributed by atoms with Crippen LogP contribution in [-0.4, -0.2) is 37.5 Å². The van der Waals surface area contributed by atoms with Crippen LogP contribution in [0.15, 0.2) is 77.9 Å². The second-order valence-corrected chi connectivity index (χ2v) is 8.68. The summed E-state index contributed by atoms with van der Waals surface area (Å²) in [5, 5.41) is 8.03. The highest BCUT2D eigenvalue weighted by molar-refractivity contribution is 6.31. The molecule has 0 aliphatic carbocycles. The van der Waals surface area contributed by atoms with E-state index >= 15 is 0 Å². The molecule has 3 aromatic carbocycles. The standard InChI is InChI=1S/C27H28ClN5O/c1-18-23(28)11-7-13-24(18)31-27(32-26(34)19-8-6-9-21(16-19)33(2)3)29-15-14-20-17-30-25-12-5-4-10-22(20)25/h4-13,16-17,30H,14-15H2,1-3H3,(H2,29,31,32,34). The van der Waals surface area contributed by atoms with Gasteiger partial charge < -0.3 is 15.2 Å². The summed E-state index contributed by atoms with van der Waals surface area (Å²) < 4.78 is 0. The number of guanidine groups is 1. The quantitative estimate of drug-likeness (QED) is 0.251. The van der Waals surface area contributed by atoms with Crippen LogP contribution in [0.2, 0.25) is 5.02 Å². The first kappa shape index (κ1) is 23.4. The number of amides is 1. The number of fused-ring (bicyclic) bond motifs is 1. The predicted octanol–water partition coefficient (Wildman–Crippen LogP) is 5.64. The first-order valence-electron chi connectivity index (χ1n) is 11.1. The number of H-pyrrole nitrogens is 1. The first-order valence-corrected chi connectivity index (χ1v) is 11.5. The van der Waals surface area contributed by atoms with Gasteiger partial charge in [-0.25, -0.2) is 0 Å². The molecule has 0 unspecified atom stereocenters. The Balaban J connectivity index is 1.56. The maximum atomic E-state index is 13.1. The van der Waals surface area contributed by atoms with Crippen molar-refractivity contribution in [2.24, 2.45) is 4.99 Å². The second kappa shape index (κ2) is 10.4. The molecule has 0 saturated heterocycles. The Hall–Kier alpha value is -3.77. The lowest BCUT2D eigenvalue weighted by molar-refractivity contribution is 0.0977. The van der Waals surface area contributed by atoms with Gasteiger partial charge >= 0.3 is 0 Å². The van der Waals surface area contributed by atoms with E-state index in [1.165, 1.54) is 10.9 Å². The van der Waals surface area contributed by atoms with Gasteiger partial charge in [0.2, 0.25) is 5.96 Å². The van der Waals surface area contributed by atoms with Crippen LogP contribution in [0.4, 0.5) is 11.4 Å². The van der Waals surface area contributed by atoms with Crippen molar-refractivity contribution in [1.29, 1.82) is 0 Å². The number of carbonyl (C=O) groups is 1. The van der Waals surface area contributed by atoms with E-state index in [4.69, 9.17) is 16.6 Å². The van der Waals surface area contributed by atoms with Gasteiger partial charge in [-0.3, -0.25) is 15.1 Å². The molecule has 0 aliphatic heterocycles. The molecule has 0 atom stereocenters. The predicted molar refractivity (Wildman–Crippen MR) is 142 cm³/mol. The summed E-state index contributed by atoms with van der Waals surface area (Å²) in [5.74, 6) is 0.146. The SMILES string of the molecule is Cc1c(Cl)cccc1NC(=NCCc1c[nH]c2ccccc12)NC(=O)c1cccc(N(C)C)c1. The highest BCUT2D eigenvalue weighted by Crippen LogP contribution is 2.23. The number of aliphatic imine (C=N–C) groups is 1. The fraction of sp³-hybridized carbons (Fsp3) is 0.185. The van der Waals surface area contributed by atoms with E-state index in [0.29, 0.717) is 23.1 Å². The van der Waals surface area contributed by atoms with E-state index in [1.807, 2.05) is 80.6 Å². The van der Waals surface area contributed by atoms with E-state index in [1.54, 1.807) is 6.07 Å². The number of benzene rings is 3. The van der Waals surface area contributed by atoms with Gasteiger partial charge in [0.15, 0.2) is 0 Å². The molecule has 0 fully saturated rings. The third-order valence-electron chi connectivity index (χ3n) is 5.70. The molecule has 1 aromatic heterocycles. The fourth-order valence-corrected chi connectivity index (χ4v) is 3.89. The molecular formula is C27H28ClN5O. The lowest BCUT2D eigenvalue weighted by atomic mass is 10.1. The number of hydrogen-bond donors (Lipinski definition) is 3. The summed E-state index contributed by atoms with van der Waals surface area (Å²) in [7, 11) is 3.89. The average molecular weight is 474 g/mol. The number of aromatic amines is 1. The van der Waals surface area contributed by atoms with Gasteiger partial charge in [0.05, 0.1) is 0 Å². The number of carbonyl (C=O) groups excluding carboxylic acids is 1. The van der Waals surface area contributed by atoms with Gasteiger partial charge in [-0.15, -0.1) is 0 Å². The largest absolute Gasteiger partial charge is 0.378 e. The Labute approximate surface area is 204 Å². The Morgan fingerprint density at radius 2 is 1.85 bits per heavy atom. The van der Waals surface area contributed by atoms with Crippen molar-refractivity contribution in [1.82, 2.24) is 10.3 Å². The lowest BCUT2D eigenvalue weighted by Crippen LogP contribution is -2.36. The highest BCUT2D eigenvalue weighted by Gasteiger charge is 2.12. The zero-order chi connectivity index (χ0) is 24.1. The van der Waals surface area contributed by atoms with E-state index in [9.17, 15) is 4.79 Å². The minimum absolute atomic E-state index is 0.235. The van der Waals surface area contributed by atoms with Crippen LogP contribution in [0.3, 0.4) is 0 Å². The summed E-state index contributed by atoms with van der Waals surface area (Å²) in [4.78, 5) is 23.0. The second-order valence-electron chi connectivity index (χ2n) is 8.28. The van der Waals surface area contributed by atoms with Crippen LogP contribution < -0.4 is 15.5 Å². The van der Waals surface area contributed by atoms with Gasteiger partial charge in [0.25, 0.3) is 5.91 Å².